The standard InChI is InChI=1S/C28H20Cl2N2O/c29-21-14-15-22(24(30)16-21)28-32-26(23-8-4-5-9-27(23)33-28)17-25(31-32)20-12-10-19(11-13-20)18-6-2-1-3-7-18/h1-16,26,28H,17H2/t26-,28+/m1/s1. The number of rotatable bonds is 3. The topological polar surface area (TPSA) is 24.8 Å². The Morgan fingerprint density at radius 2 is 1.42 bits per heavy atom. The molecule has 5 heteroatoms. The van der Waals surface area contributed by atoms with Crippen LogP contribution < -0.4 is 4.74 Å². The Morgan fingerprint density at radius 3 is 2.21 bits per heavy atom. The highest BCUT2D eigenvalue weighted by Crippen LogP contribution is 2.48. The van der Waals surface area contributed by atoms with Crippen molar-refractivity contribution < 1.29 is 4.74 Å². The number of para-hydroxylation sites is 1. The van der Waals surface area contributed by atoms with Crippen LogP contribution in [0.25, 0.3) is 11.1 Å². The first-order chi connectivity index (χ1) is 16.2. The average Bonchev–Trinajstić information content (AvgIpc) is 3.30. The fourth-order valence-corrected chi connectivity index (χ4v) is 5.10. The summed E-state index contributed by atoms with van der Waals surface area (Å²) in [4.78, 5) is 0. The van der Waals surface area contributed by atoms with E-state index >= 15 is 0 Å². The van der Waals surface area contributed by atoms with E-state index in [0.29, 0.717) is 10.0 Å². The Balaban J connectivity index is 1.38. The Bertz CT molecular complexity index is 1350. The predicted molar refractivity (Wildman–Crippen MR) is 134 cm³/mol. The van der Waals surface area contributed by atoms with Crippen LogP contribution in [0.4, 0.5) is 0 Å². The van der Waals surface area contributed by atoms with E-state index < -0.39 is 6.23 Å². The molecule has 0 aromatic heterocycles. The molecule has 0 amide bonds. The molecule has 0 unspecified atom stereocenters. The lowest BCUT2D eigenvalue weighted by Crippen LogP contribution is -2.33. The summed E-state index contributed by atoms with van der Waals surface area (Å²) in [5, 5.41) is 8.24. The van der Waals surface area contributed by atoms with Crippen LogP contribution in [-0.4, -0.2) is 10.7 Å². The van der Waals surface area contributed by atoms with Crippen molar-refractivity contribution >= 4 is 28.9 Å². The molecule has 0 saturated carbocycles. The molecule has 2 atom stereocenters. The Morgan fingerprint density at radius 1 is 0.727 bits per heavy atom. The van der Waals surface area contributed by atoms with Crippen LogP contribution in [0.15, 0.2) is 102 Å². The SMILES string of the molecule is Clc1ccc([C@@H]2Oc3ccccc3[C@H]3CC(c4ccc(-c5ccccc5)cc4)=NN32)c(Cl)c1. The van der Waals surface area contributed by atoms with E-state index in [9.17, 15) is 0 Å². The lowest BCUT2D eigenvalue weighted by Gasteiger charge is -2.38. The van der Waals surface area contributed by atoms with Crippen molar-refractivity contribution in [3.8, 4) is 16.9 Å². The zero-order valence-corrected chi connectivity index (χ0v) is 19.2. The highest BCUT2D eigenvalue weighted by molar-refractivity contribution is 6.35. The molecule has 4 aromatic carbocycles. The summed E-state index contributed by atoms with van der Waals surface area (Å²) >= 11 is 12.7. The summed E-state index contributed by atoms with van der Waals surface area (Å²) < 4.78 is 6.41. The van der Waals surface area contributed by atoms with E-state index in [-0.39, 0.29) is 6.04 Å². The van der Waals surface area contributed by atoms with Crippen LogP contribution in [0.2, 0.25) is 10.0 Å². The zero-order chi connectivity index (χ0) is 22.4. The first kappa shape index (κ1) is 20.3. The third-order valence-electron chi connectivity index (χ3n) is 6.25. The van der Waals surface area contributed by atoms with Gasteiger partial charge in [0.15, 0.2) is 0 Å². The molecule has 0 bridgehead atoms. The fraction of sp³-hybridized carbons (Fsp3) is 0.107. The molecule has 0 fully saturated rings. The molecule has 0 radical (unpaired) electrons. The summed E-state index contributed by atoms with van der Waals surface area (Å²) in [7, 11) is 0. The van der Waals surface area contributed by atoms with Crippen molar-refractivity contribution in [3.63, 3.8) is 0 Å². The van der Waals surface area contributed by atoms with Gasteiger partial charge in [0.2, 0.25) is 6.23 Å². The van der Waals surface area contributed by atoms with Gasteiger partial charge in [-0.3, -0.25) is 0 Å². The number of halogens is 2. The van der Waals surface area contributed by atoms with Gasteiger partial charge < -0.3 is 4.74 Å². The Kier molecular flexibility index (Phi) is 5.09. The van der Waals surface area contributed by atoms with Crippen molar-refractivity contribution in [1.82, 2.24) is 5.01 Å². The third kappa shape index (κ3) is 3.68. The number of hydrogen-bond acceptors (Lipinski definition) is 3. The Labute approximate surface area is 202 Å². The maximum atomic E-state index is 6.57. The van der Waals surface area contributed by atoms with Gasteiger partial charge in [-0.25, -0.2) is 5.01 Å². The van der Waals surface area contributed by atoms with E-state index in [1.54, 1.807) is 6.07 Å². The second kappa shape index (κ2) is 8.26. The van der Waals surface area contributed by atoms with Gasteiger partial charge in [0.25, 0.3) is 0 Å². The normalized spacial score (nSPS) is 18.8. The van der Waals surface area contributed by atoms with E-state index in [1.165, 1.54) is 11.1 Å². The number of benzene rings is 4. The molecule has 2 heterocycles. The maximum absolute atomic E-state index is 6.57. The summed E-state index contributed by atoms with van der Waals surface area (Å²) in [6.07, 6.45) is 0.378. The van der Waals surface area contributed by atoms with Crippen molar-refractivity contribution in [2.75, 3.05) is 0 Å². The quantitative estimate of drug-likeness (QED) is 0.303. The molecule has 4 aromatic rings. The minimum atomic E-state index is -0.421. The largest absolute Gasteiger partial charge is 0.464 e. The van der Waals surface area contributed by atoms with Gasteiger partial charge in [-0.05, 0) is 34.9 Å². The molecule has 2 aliphatic rings. The lowest BCUT2D eigenvalue weighted by atomic mass is 9.95. The van der Waals surface area contributed by atoms with Gasteiger partial charge in [0.1, 0.15) is 5.75 Å². The van der Waals surface area contributed by atoms with Crippen LogP contribution in [0.3, 0.4) is 0 Å². The van der Waals surface area contributed by atoms with Crippen LogP contribution in [0.1, 0.15) is 35.4 Å². The first-order valence-electron chi connectivity index (χ1n) is 10.9. The van der Waals surface area contributed by atoms with Crippen LogP contribution in [-0.2, 0) is 0 Å². The smallest absolute Gasteiger partial charge is 0.215 e. The fourth-order valence-electron chi connectivity index (χ4n) is 4.60. The molecule has 162 valence electrons. The lowest BCUT2D eigenvalue weighted by molar-refractivity contribution is -0.0189. The number of fused-ring (bicyclic) bond motifs is 3. The summed E-state index contributed by atoms with van der Waals surface area (Å²) in [6, 6.07) is 32.8. The summed E-state index contributed by atoms with van der Waals surface area (Å²) in [5.74, 6) is 0.866. The molecule has 0 spiro atoms. The predicted octanol–water partition coefficient (Wildman–Crippen LogP) is 7.90. The van der Waals surface area contributed by atoms with E-state index in [0.717, 1.165) is 34.6 Å². The number of hydrogen-bond donors (Lipinski definition) is 0. The maximum Gasteiger partial charge on any atom is 0.215 e. The second-order valence-corrected chi connectivity index (χ2v) is 9.11. The number of nitrogens with zero attached hydrogens (tertiary/aromatic N) is 2. The molecule has 0 N–H and O–H groups in total. The van der Waals surface area contributed by atoms with Gasteiger partial charge in [-0.2, -0.15) is 5.10 Å². The molecular formula is C28H20Cl2N2O. The molecule has 0 saturated heterocycles. The van der Waals surface area contributed by atoms with Gasteiger partial charge in [0, 0.05) is 22.6 Å². The van der Waals surface area contributed by atoms with Gasteiger partial charge >= 0.3 is 0 Å². The zero-order valence-electron chi connectivity index (χ0n) is 17.7. The highest BCUT2D eigenvalue weighted by atomic mass is 35.5. The minimum absolute atomic E-state index is 0.0792. The molecule has 6 rings (SSSR count). The van der Waals surface area contributed by atoms with Crippen molar-refractivity contribution in [1.29, 1.82) is 0 Å². The summed E-state index contributed by atoms with van der Waals surface area (Å²) in [5.41, 5.74) is 6.53. The van der Waals surface area contributed by atoms with E-state index in [2.05, 4.69) is 54.6 Å². The molecular weight excluding hydrogens is 451 g/mol. The van der Waals surface area contributed by atoms with E-state index in [4.69, 9.17) is 33.0 Å². The number of ether oxygens (including phenoxy) is 1. The van der Waals surface area contributed by atoms with Crippen LogP contribution >= 0.6 is 23.2 Å². The van der Waals surface area contributed by atoms with Gasteiger partial charge in [0.05, 0.1) is 16.8 Å². The average molecular weight is 471 g/mol. The van der Waals surface area contributed by atoms with Crippen LogP contribution in [0.5, 0.6) is 5.75 Å². The van der Waals surface area contributed by atoms with Crippen molar-refractivity contribution in [2.24, 2.45) is 5.10 Å². The molecule has 3 nitrogen and oxygen atoms in total. The summed E-state index contributed by atoms with van der Waals surface area (Å²) in [6.45, 7) is 0. The van der Waals surface area contributed by atoms with Gasteiger partial charge in [-0.15, -0.1) is 0 Å². The first-order valence-corrected chi connectivity index (χ1v) is 11.7. The highest BCUT2D eigenvalue weighted by Gasteiger charge is 2.41. The molecule has 33 heavy (non-hydrogen) atoms. The third-order valence-corrected chi connectivity index (χ3v) is 6.82. The molecule has 2 aliphatic heterocycles. The number of hydrazone groups is 1. The van der Waals surface area contributed by atoms with Gasteiger partial charge in [-0.1, -0.05) is 102 Å². The second-order valence-electron chi connectivity index (χ2n) is 8.26. The van der Waals surface area contributed by atoms with Crippen molar-refractivity contribution in [3.05, 3.63) is 124 Å². The van der Waals surface area contributed by atoms with E-state index in [1.807, 2.05) is 41.4 Å². The van der Waals surface area contributed by atoms with Crippen LogP contribution in [0, 0.1) is 0 Å². The Hall–Kier alpha value is -3.27. The monoisotopic (exact) mass is 470 g/mol. The minimum Gasteiger partial charge on any atom is -0.464 e. The molecule has 0 aliphatic carbocycles. The van der Waals surface area contributed by atoms with Crippen molar-refractivity contribution in [2.45, 2.75) is 18.7 Å².